The maximum atomic E-state index is 8.69. The summed E-state index contributed by atoms with van der Waals surface area (Å²) in [6.07, 6.45) is 0. The number of aliphatic hydroxyl groups is 2. The van der Waals surface area contributed by atoms with Gasteiger partial charge in [0.2, 0.25) is 0 Å². The van der Waals surface area contributed by atoms with Gasteiger partial charge in [0.25, 0.3) is 0 Å². The number of aromatic nitrogens is 2. The summed E-state index contributed by atoms with van der Waals surface area (Å²) in [5.74, 6) is 0. The maximum absolute atomic E-state index is 8.69. The van der Waals surface area contributed by atoms with E-state index in [1.165, 1.54) is 0 Å². The van der Waals surface area contributed by atoms with Gasteiger partial charge < -0.3 is 25.3 Å². The van der Waals surface area contributed by atoms with Gasteiger partial charge in [0, 0.05) is 13.1 Å². The molecule has 13 heavy (non-hydrogen) atoms. The fourth-order valence-corrected chi connectivity index (χ4v) is 0.899. The second kappa shape index (κ2) is 4.63. The quantitative estimate of drug-likeness (QED) is 0.512. The summed E-state index contributed by atoms with van der Waals surface area (Å²) >= 11 is 0. The Hall–Kier alpha value is -1.34. The van der Waals surface area contributed by atoms with E-state index in [4.69, 9.17) is 20.4 Å². The van der Waals surface area contributed by atoms with Crippen LogP contribution in [0.25, 0.3) is 0 Å². The number of nitrogens with two attached hydrogens (primary N) is 1. The molecule has 0 bridgehead atoms. The first-order valence-corrected chi connectivity index (χ1v) is 3.83. The highest BCUT2D eigenvalue weighted by molar-refractivity contribution is 5.27. The van der Waals surface area contributed by atoms with E-state index >= 15 is 0 Å². The van der Waals surface area contributed by atoms with Crippen LogP contribution < -0.4 is 10.6 Å². The van der Waals surface area contributed by atoms with Crippen molar-refractivity contribution in [2.75, 3.05) is 36.9 Å². The fraction of sp³-hybridized carbons (Fsp3) is 0.667. The number of nitrogen functional groups attached to an aromatic ring is 1. The monoisotopic (exact) mass is 188 g/mol. The second-order valence-electron chi connectivity index (χ2n) is 2.36. The van der Waals surface area contributed by atoms with E-state index < -0.39 is 0 Å². The Morgan fingerprint density at radius 3 is 2.23 bits per heavy atom. The Balaban J connectivity index is 2.63. The summed E-state index contributed by atoms with van der Waals surface area (Å²) in [4.78, 5) is 1.54. The van der Waals surface area contributed by atoms with E-state index in [0.29, 0.717) is 13.1 Å². The van der Waals surface area contributed by atoms with Crippen LogP contribution in [0.2, 0.25) is 0 Å². The van der Waals surface area contributed by atoms with E-state index in [2.05, 4.69) is 10.2 Å². The third-order valence-electron chi connectivity index (χ3n) is 1.44. The van der Waals surface area contributed by atoms with Gasteiger partial charge in [0.05, 0.1) is 13.2 Å². The third kappa shape index (κ3) is 2.56. The number of rotatable bonds is 5. The normalized spacial score (nSPS) is 10.3. The average Bonchev–Trinajstić information content (AvgIpc) is 2.51. The molecule has 0 unspecified atom stereocenters. The Labute approximate surface area is 74.8 Å². The van der Waals surface area contributed by atoms with E-state index in [-0.39, 0.29) is 25.2 Å². The van der Waals surface area contributed by atoms with E-state index in [9.17, 15) is 0 Å². The zero-order valence-electron chi connectivity index (χ0n) is 7.05. The van der Waals surface area contributed by atoms with Crippen LogP contribution in [0.3, 0.4) is 0 Å². The molecule has 0 aromatic carbocycles. The molecule has 0 saturated carbocycles. The Bertz CT molecular complexity index is 246. The van der Waals surface area contributed by atoms with Gasteiger partial charge in [-0.2, -0.15) is 0 Å². The summed E-state index contributed by atoms with van der Waals surface area (Å²) in [6.45, 7) is 0.537. The smallest absolute Gasteiger partial charge is 0.319 e. The molecular weight excluding hydrogens is 176 g/mol. The van der Waals surface area contributed by atoms with Gasteiger partial charge in [0.15, 0.2) is 0 Å². The highest BCUT2D eigenvalue weighted by Gasteiger charge is 2.11. The topological polar surface area (TPSA) is 109 Å². The van der Waals surface area contributed by atoms with Crippen LogP contribution in [0.15, 0.2) is 4.42 Å². The molecule has 1 aromatic heterocycles. The lowest BCUT2D eigenvalue weighted by Crippen LogP contribution is -2.29. The molecule has 1 rings (SSSR count). The number of aliphatic hydroxyl groups excluding tert-OH is 2. The molecule has 0 radical (unpaired) electrons. The lowest BCUT2D eigenvalue weighted by atomic mass is 10.5. The molecule has 7 heteroatoms. The van der Waals surface area contributed by atoms with Crippen molar-refractivity contribution in [3.8, 4) is 0 Å². The molecule has 1 aromatic rings. The standard InChI is InChI=1S/C6H12N4O3/c7-5-8-9-6(13-5)10(1-3-11)2-4-12/h11-12H,1-4H2,(H2,7,8). The molecule has 0 aliphatic carbocycles. The second-order valence-corrected chi connectivity index (χ2v) is 2.36. The minimum absolute atomic E-state index is 0.0316. The van der Waals surface area contributed by atoms with Crippen molar-refractivity contribution in [2.24, 2.45) is 0 Å². The number of hydrogen-bond donors (Lipinski definition) is 3. The van der Waals surface area contributed by atoms with E-state index in [1.54, 1.807) is 4.90 Å². The molecule has 0 saturated heterocycles. The van der Waals surface area contributed by atoms with Gasteiger partial charge in [-0.1, -0.05) is 10.2 Å². The zero-order chi connectivity index (χ0) is 9.68. The highest BCUT2D eigenvalue weighted by Crippen LogP contribution is 2.11. The summed E-state index contributed by atoms with van der Waals surface area (Å²) in [7, 11) is 0. The first-order chi connectivity index (χ1) is 6.27. The van der Waals surface area contributed by atoms with Crippen molar-refractivity contribution in [2.45, 2.75) is 0 Å². The van der Waals surface area contributed by atoms with Crippen LogP contribution in [0.5, 0.6) is 0 Å². The fourth-order valence-electron chi connectivity index (χ4n) is 0.899. The minimum Gasteiger partial charge on any atom is -0.395 e. The number of anilines is 2. The number of hydrogen-bond acceptors (Lipinski definition) is 7. The first kappa shape index (κ1) is 9.75. The zero-order valence-corrected chi connectivity index (χ0v) is 7.05. The van der Waals surface area contributed by atoms with Crippen molar-refractivity contribution in [1.29, 1.82) is 0 Å². The van der Waals surface area contributed by atoms with E-state index in [0.717, 1.165) is 0 Å². The van der Waals surface area contributed by atoms with Crippen molar-refractivity contribution >= 4 is 12.0 Å². The first-order valence-electron chi connectivity index (χ1n) is 3.83. The van der Waals surface area contributed by atoms with Gasteiger partial charge >= 0.3 is 12.0 Å². The average molecular weight is 188 g/mol. The largest absolute Gasteiger partial charge is 0.395 e. The van der Waals surface area contributed by atoms with Gasteiger partial charge in [-0.05, 0) is 0 Å². The Morgan fingerprint density at radius 2 is 1.85 bits per heavy atom. The van der Waals surface area contributed by atoms with Crippen LogP contribution in [0.4, 0.5) is 12.0 Å². The van der Waals surface area contributed by atoms with E-state index in [1.807, 2.05) is 0 Å². The summed E-state index contributed by atoms with van der Waals surface area (Å²) in [6, 6.07) is 0.177. The maximum Gasteiger partial charge on any atom is 0.319 e. The SMILES string of the molecule is Nc1nnc(N(CCO)CCO)o1. The van der Waals surface area contributed by atoms with Crippen LogP contribution >= 0.6 is 0 Å². The summed E-state index contributed by atoms with van der Waals surface area (Å²) < 4.78 is 4.91. The predicted octanol–water partition coefficient (Wildman–Crippen LogP) is -1.56. The lowest BCUT2D eigenvalue weighted by molar-refractivity contribution is 0.276. The summed E-state index contributed by atoms with van der Waals surface area (Å²) in [5, 5.41) is 24.4. The molecule has 4 N–H and O–H groups in total. The molecule has 0 spiro atoms. The van der Waals surface area contributed by atoms with Gasteiger partial charge in [-0.25, -0.2) is 0 Å². The van der Waals surface area contributed by atoms with Gasteiger partial charge in [-0.3, -0.25) is 0 Å². The van der Waals surface area contributed by atoms with Gasteiger partial charge in [-0.15, -0.1) is 0 Å². The van der Waals surface area contributed by atoms with Gasteiger partial charge in [0.1, 0.15) is 0 Å². The minimum atomic E-state index is -0.0533. The third-order valence-corrected chi connectivity index (χ3v) is 1.44. The molecule has 74 valence electrons. The predicted molar refractivity (Wildman–Crippen MR) is 45.1 cm³/mol. The molecule has 0 aliphatic heterocycles. The van der Waals surface area contributed by atoms with Crippen LogP contribution in [0.1, 0.15) is 0 Å². The highest BCUT2D eigenvalue weighted by atomic mass is 16.4. The molecule has 7 nitrogen and oxygen atoms in total. The molecular formula is C6H12N4O3. The molecule has 0 fully saturated rings. The Morgan fingerprint density at radius 1 is 1.23 bits per heavy atom. The Kier molecular flexibility index (Phi) is 3.47. The molecule has 0 atom stereocenters. The summed E-state index contributed by atoms with van der Waals surface area (Å²) in [5.41, 5.74) is 5.22. The number of nitrogens with zero attached hydrogens (tertiary/aromatic N) is 3. The van der Waals surface area contributed by atoms with Crippen LogP contribution in [0, 0.1) is 0 Å². The van der Waals surface area contributed by atoms with Crippen molar-refractivity contribution in [3.63, 3.8) is 0 Å². The lowest BCUT2D eigenvalue weighted by Gasteiger charge is -2.16. The molecule has 0 aliphatic rings. The molecule has 1 heterocycles. The van der Waals surface area contributed by atoms with Crippen molar-refractivity contribution in [1.82, 2.24) is 10.2 Å². The van der Waals surface area contributed by atoms with Crippen LogP contribution in [-0.4, -0.2) is 46.7 Å². The van der Waals surface area contributed by atoms with Crippen molar-refractivity contribution < 1.29 is 14.6 Å². The van der Waals surface area contributed by atoms with Crippen LogP contribution in [-0.2, 0) is 0 Å². The molecule has 0 amide bonds. The van der Waals surface area contributed by atoms with Crippen molar-refractivity contribution in [3.05, 3.63) is 0 Å².